The molecule has 70 valence electrons. The zero-order chi connectivity index (χ0) is 9.47. The van der Waals surface area contributed by atoms with Crippen molar-refractivity contribution in [2.75, 3.05) is 6.61 Å². The Balaban J connectivity index is 2.24. The normalized spacial score (nSPS) is 25.2. The highest BCUT2D eigenvalue weighted by atomic mass is 16.3. The lowest BCUT2D eigenvalue weighted by atomic mass is 9.76. The van der Waals surface area contributed by atoms with Gasteiger partial charge in [-0.15, -0.1) is 0 Å². The molecule has 0 atom stereocenters. The fourth-order valence-corrected chi connectivity index (χ4v) is 1.91. The second-order valence-electron chi connectivity index (χ2n) is 3.58. The van der Waals surface area contributed by atoms with Crippen LogP contribution in [0.5, 0.6) is 0 Å². The summed E-state index contributed by atoms with van der Waals surface area (Å²) >= 11 is 0. The van der Waals surface area contributed by atoms with Crippen LogP contribution in [0.3, 0.4) is 0 Å². The van der Waals surface area contributed by atoms with Crippen molar-refractivity contribution in [3.05, 3.63) is 12.2 Å². The molecule has 1 saturated carbocycles. The Kier molecular flexibility index (Phi) is 1.73. The molecule has 0 unspecified atom stereocenters. The van der Waals surface area contributed by atoms with Crippen LogP contribution >= 0.6 is 0 Å². The van der Waals surface area contributed by atoms with Crippen LogP contribution in [0.2, 0.25) is 0 Å². The highest BCUT2D eigenvalue weighted by molar-refractivity contribution is 6.13. The van der Waals surface area contributed by atoms with Crippen LogP contribution in [0.1, 0.15) is 19.3 Å². The first-order chi connectivity index (χ1) is 6.19. The molecule has 0 aromatic rings. The van der Waals surface area contributed by atoms with Crippen molar-refractivity contribution < 1.29 is 14.7 Å². The summed E-state index contributed by atoms with van der Waals surface area (Å²) in [5.41, 5.74) is -0.586. The summed E-state index contributed by atoms with van der Waals surface area (Å²) in [6, 6.07) is 0. The highest BCUT2D eigenvalue weighted by Crippen LogP contribution is 2.38. The topological polar surface area (TPSA) is 57.6 Å². The molecule has 0 saturated heterocycles. The number of hydrogen-bond acceptors (Lipinski definition) is 3. The van der Waals surface area contributed by atoms with Gasteiger partial charge in [0.25, 0.3) is 11.8 Å². The number of aliphatic hydroxyl groups excluding tert-OH is 1. The van der Waals surface area contributed by atoms with Crippen molar-refractivity contribution in [1.29, 1.82) is 0 Å². The molecule has 13 heavy (non-hydrogen) atoms. The highest BCUT2D eigenvalue weighted by Gasteiger charge is 2.48. The molecule has 4 heteroatoms. The Morgan fingerprint density at radius 1 is 1.31 bits per heavy atom. The van der Waals surface area contributed by atoms with Gasteiger partial charge in [-0.1, -0.05) is 0 Å². The molecule has 0 bridgehead atoms. The fraction of sp³-hybridized carbons (Fsp3) is 0.556. The lowest BCUT2D eigenvalue weighted by Gasteiger charge is -2.46. The molecule has 4 nitrogen and oxygen atoms in total. The molecule has 0 spiro atoms. The summed E-state index contributed by atoms with van der Waals surface area (Å²) in [6.45, 7) is -0.119. The van der Waals surface area contributed by atoms with Gasteiger partial charge in [0.2, 0.25) is 0 Å². The molecule has 2 aliphatic rings. The van der Waals surface area contributed by atoms with Gasteiger partial charge in [0.05, 0.1) is 12.1 Å². The monoisotopic (exact) mass is 181 g/mol. The van der Waals surface area contributed by atoms with Gasteiger partial charge >= 0.3 is 0 Å². The van der Waals surface area contributed by atoms with Crippen LogP contribution in [0.15, 0.2) is 12.2 Å². The number of hydrogen-bond donors (Lipinski definition) is 1. The summed E-state index contributed by atoms with van der Waals surface area (Å²) in [5.74, 6) is -0.586. The number of aliphatic hydroxyl groups is 1. The Morgan fingerprint density at radius 2 is 1.85 bits per heavy atom. The number of amides is 2. The summed E-state index contributed by atoms with van der Waals surface area (Å²) in [4.78, 5) is 23.8. The van der Waals surface area contributed by atoms with Crippen LogP contribution in [-0.4, -0.2) is 34.0 Å². The van der Waals surface area contributed by atoms with Crippen molar-refractivity contribution in [3.8, 4) is 0 Å². The van der Waals surface area contributed by atoms with Crippen LogP contribution < -0.4 is 0 Å². The van der Waals surface area contributed by atoms with Gasteiger partial charge in [0, 0.05) is 12.2 Å². The first-order valence-electron chi connectivity index (χ1n) is 4.37. The maximum Gasteiger partial charge on any atom is 0.254 e. The standard InChI is InChI=1S/C9H11NO3/c11-6-9(4-1-5-9)10-7(12)2-3-8(10)13/h2-3,11H,1,4-6H2. The van der Waals surface area contributed by atoms with Crippen molar-refractivity contribution in [1.82, 2.24) is 4.90 Å². The zero-order valence-corrected chi connectivity index (χ0v) is 7.19. The number of carbonyl (C=O) groups excluding carboxylic acids is 2. The molecular weight excluding hydrogens is 170 g/mol. The SMILES string of the molecule is O=C1C=CC(=O)N1C1(CO)CCC1. The second kappa shape index (κ2) is 2.67. The molecular formula is C9H11NO3. The largest absolute Gasteiger partial charge is 0.394 e. The van der Waals surface area contributed by atoms with E-state index >= 15 is 0 Å². The summed E-state index contributed by atoms with van der Waals surface area (Å²) < 4.78 is 0. The molecule has 1 fully saturated rings. The minimum absolute atomic E-state index is 0.119. The van der Waals surface area contributed by atoms with E-state index in [0.717, 1.165) is 19.3 Å². The van der Waals surface area contributed by atoms with Gasteiger partial charge in [0.15, 0.2) is 0 Å². The van der Waals surface area contributed by atoms with Crippen LogP contribution in [0, 0.1) is 0 Å². The van der Waals surface area contributed by atoms with E-state index < -0.39 is 5.54 Å². The number of rotatable bonds is 2. The molecule has 1 aliphatic carbocycles. The summed E-state index contributed by atoms with van der Waals surface area (Å²) in [7, 11) is 0. The van der Waals surface area contributed by atoms with Crippen molar-refractivity contribution in [2.24, 2.45) is 0 Å². The van der Waals surface area contributed by atoms with E-state index in [-0.39, 0.29) is 18.4 Å². The molecule has 0 aromatic carbocycles. The van der Waals surface area contributed by atoms with Crippen molar-refractivity contribution in [3.63, 3.8) is 0 Å². The average Bonchev–Trinajstić information content (AvgIpc) is 2.35. The van der Waals surface area contributed by atoms with E-state index in [4.69, 9.17) is 5.11 Å². The third-order valence-electron chi connectivity index (χ3n) is 2.86. The lowest BCUT2D eigenvalue weighted by Crippen LogP contribution is -2.58. The molecule has 2 rings (SSSR count). The first-order valence-corrected chi connectivity index (χ1v) is 4.37. The van der Waals surface area contributed by atoms with Crippen molar-refractivity contribution >= 4 is 11.8 Å². The summed E-state index contributed by atoms with van der Waals surface area (Å²) in [5, 5.41) is 9.16. The van der Waals surface area contributed by atoms with E-state index in [1.165, 1.54) is 17.1 Å². The predicted octanol–water partition coefficient (Wildman–Crippen LogP) is -0.174. The van der Waals surface area contributed by atoms with Gasteiger partial charge < -0.3 is 5.11 Å². The van der Waals surface area contributed by atoms with Gasteiger partial charge in [0.1, 0.15) is 0 Å². The first kappa shape index (κ1) is 8.44. The van der Waals surface area contributed by atoms with Gasteiger partial charge in [-0.2, -0.15) is 0 Å². The second-order valence-corrected chi connectivity index (χ2v) is 3.58. The van der Waals surface area contributed by atoms with E-state index in [9.17, 15) is 9.59 Å². The number of carbonyl (C=O) groups is 2. The van der Waals surface area contributed by atoms with Crippen LogP contribution in [-0.2, 0) is 9.59 Å². The third-order valence-corrected chi connectivity index (χ3v) is 2.86. The molecule has 1 heterocycles. The Morgan fingerprint density at radius 3 is 2.15 bits per heavy atom. The van der Waals surface area contributed by atoms with Crippen LogP contribution in [0.25, 0.3) is 0 Å². The minimum Gasteiger partial charge on any atom is -0.394 e. The maximum absolute atomic E-state index is 11.3. The molecule has 1 aliphatic heterocycles. The average molecular weight is 181 g/mol. The van der Waals surface area contributed by atoms with Gasteiger partial charge in [-0.25, -0.2) is 0 Å². The van der Waals surface area contributed by atoms with E-state index in [1.807, 2.05) is 0 Å². The molecule has 0 aromatic heterocycles. The minimum atomic E-state index is -0.586. The third kappa shape index (κ3) is 1.02. The van der Waals surface area contributed by atoms with Gasteiger partial charge in [-0.3, -0.25) is 14.5 Å². The van der Waals surface area contributed by atoms with E-state index in [2.05, 4.69) is 0 Å². The predicted molar refractivity (Wildman–Crippen MR) is 44.7 cm³/mol. The lowest BCUT2D eigenvalue weighted by molar-refractivity contribution is -0.151. The smallest absolute Gasteiger partial charge is 0.254 e. The summed E-state index contributed by atoms with van der Waals surface area (Å²) in [6.07, 6.45) is 4.94. The maximum atomic E-state index is 11.3. The number of imide groups is 1. The van der Waals surface area contributed by atoms with Crippen molar-refractivity contribution in [2.45, 2.75) is 24.8 Å². The Bertz CT molecular complexity index is 268. The molecule has 0 radical (unpaired) electrons. The van der Waals surface area contributed by atoms with Crippen LogP contribution in [0.4, 0.5) is 0 Å². The molecule has 2 amide bonds. The van der Waals surface area contributed by atoms with E-state index in [1.54, 1.807) is 0 Å². The number of nitrogens with zero attached hydrogens (tertiary/aromatic N) is 1. The quantitative estimate of drug-likeness (QED) is 0.601. The zero-order valence-electron chi connectivity index (χ0n) is 7.19. The van der Waals surface area contributed by atoms with Gasteiger partial charge in [-0.05, 0) is 19.3 Å². The fourth-order valence-electron chi connectivity index (χ4n) is 1.91. The Labute approximate surface area is 75.8 Å². The Hall–Kier alpha value is -1.16. The van der Waals surface area contributed by atoms with E-state index in [0.29, 0.717) is 0 Å². The molecule has 1 N–H and O–H groups in total.